The molecule has 1 aromatic rings. The lowest BCUT2D eigenvalue weighted by molar-refractivity contribution is -0.137. The summed E-state index contributed by atoms with van der Waals surface area (Å²) in [4.78, 5) is 12.9. The van der Waals surface area contributed by atoms with E-state index in [1.165, 1.54) is 6.07 Å². The fraction of sp³-hybridized carbons (Fsp3) is 0.562. The highest BCUT2D eigenvalue weighted by Gasteiger charge is 2.30. The monoisotopic (exact) mass is 281 g/mol. The molecule has 112 valence electrons. The summed E-state index contributed by atoms with van der Waals surface area (Å²) in [5.41, 5.74) is 0.411. The third kappa shape index (κ3) is 4.30. The summed E-state index contributed by atoms with van der Waals surface area (Å²) < 4.78 is 14.0. The second-order valence-electron chi connectivity index (χ2n) is 5.95. The van der Waals surface area contributed by atoms with E-state index in [9.17, 15) is 9.18 Å². The number of benzene rings is 1. The van der Waals surface area contributed by atoms with E-state index in [-0.39, 0.29) is 23.8 Å². The van der Waals surface area contributed by atoms with Crippen molar-refractivity contribution in [2.75, 3.05) is 6.54 Å². The maximum absolute atomic E-state index is 14.0. The van der Waals surface area contributed by atoms with Crippen LogP contribution in [0.3, 0.4) is 0 Å². The number of carboxylic acid groups (broad SMARTS) is 1. The van der Waals surface area contributed by atoms with Crippen LogP contribution in [0.1, 0.15) is 52.1 Å². The highest BCUT2D eigenvalue weighted by atomic mass is 19.1. The van der Waals surface area contributed by atoms with Gasteiger partial charge in [-0.3, -0.25) is 9.69 Å². The van der Waals surface area contributed by atoms with Crippen molar-refractivity contribution in [1.29, 1.82) is 0 Å². The van der Waals surface area contributed by atoms with Crippen molar-refractivity contribution in [1.82, 2.24) is 4.90 Å². The molecule has 0 bridgehead atoms. The molecule has 0 saturated carbocycles. The lowest BCUT2D eigenvalue weighted by atomic mass is 9.95. The van der Waals surface area contributed by atoms with Crippen LogP contribution < -0.4 is 0 Å². The molecule has 0 radical (unpaired) electrons. The van der Waals surface area contributed by atoms with Gasteiger partial charge in [0.25, 0.3) is 0 Å². The van der Waals surface area contributed by atoms with Crippen LogP contribution >= 0.6 is 0 Å². The Bertz CT molecular complexity index is 454. The molecule has 20 heavy (non-hydrogen) atoms. The Morgan fingerprint density at radius 3 is 2.40 bits per heavy atom. The number of carboxylic acids is 1. The summed E-state index contributed by atoms with van der Waals surface area (Å²) in [6.07, 6.45) is 0.792. The second-order valence-corrected chi connectivity index (χ2v) is 5.95. The highest BCUT2D eigenvalue weighted by Crippen LogP contribution is 2.32. The average molecular weight is 281 g/mol. The minimum absolute atomic E-state index is 0.0578. The zero-order chi connectivity index (χ0) is 15.3. The highest BCUT2D eigenvalue weighted by molar-refractivity contribution is 5.66. The number of halogens is 1. The van der Waals surface area contributed by atoms with Crippen molar-refractivity contribution in [3.8, 4) is 0 Å². The number of aliphatic carboxylic acids is 1. The Hall–Kier alpha value is -1.42. The first-order valence-corrected chi connectivity index (χ1v) is 7.00. The van der Waals surface area contributed by atoms with Gasteiger partial charge in [-0.1, -0.05) is 25.1 Å². The normalized spacial score (nSPS) is 13.5. The Balaban J connectivity index is 3.08. The van der Waals surface area contributed by atoms with Crippen molar-refractivity contribution in [3.05, 3.63) is 35.6 Å². The molecule has 1 atom stereocenters. The van der Waals surface area contributed by atoms with Gasteiger partial charge in [0.05, 0.1) is 6.42 Å². The van der Waals surface area contributed by atoms with Crippen LogP contribution in [0.4, 0.5) is 4.39 Å². The first kappa shape index (κ1) is 16.6. The predicted octanol–water partition coefficient (Wildman–Crippen LogP) is 3.85. The molecule has 1 N–H and O–H groups in total. The van der Waals surface area contributed by atoms with E-state index >= 15 is 0 Å². The molecule has 0 heterocycles. The van der Waals surface area contributed by atoms with E-state index in [1.54, 1.807) is 12.1 Å². The largest absolute Gasteiger partial charge is 0.481 e. The first-order chi connectivity index (χ1) is 9.27. The van der Waals surface area contributed by atoms with Gasteiger partial charge < -0.3 is 5.11 Å². The zero-order valence-corrected chi connectivity index (χ0v) is 12.7. The summed E-state index contributed by atoms with van der Waals surface area (Å²) in [6.45, 7) is 8.48. The van der Waals surface area contributed by atoms with E-state index in [0.29, 0.717) is 12.1 Å². The quantitative estimate of drug-likeness (QED) is 0.861. The number of rotatable bonds is 6. The molecule has 0 amide bonds. The molecule has 0 aliphatic carbocycles. The lowest BCUT2D eigenvalue weighted by Crippen LogP contribution is -2.45. The van der Waals surface area contributed by atoms with Gasteiger partial charge in [0.15, 0.2) is 0 Å². The van der Waals surface area contributed by atoms with Gasteiger partial charge in [-0.25, -0.2) is 4.39 Å². The molecule has 1 unspecified atom stereocenters. The lowest BCUT2D eigenvalue weighted by Gasteiger charge is -2.41. The van der Waals surface area contributed by atoms with E-state index in [4.69, 9.17) is 5.11 Å². The summed E-state index contributed by atoms with van der Waals surface area (Å²) >= 11 is 0. The van der Waals surface area contributed by atoms with Crippen LogP contribution in [0.2, 0.25) is 0 Å². The third-order valence-electron chi connectivity index (χ3n) is 3.46. The van der Waals surface area contributed by atoms with Crippen LogP contribution in [0.15, 0.2) is 24.3 Å². The maximum atomic E-state index is 14.0. The van der Waals surface area contributed by atoms with Gasteiger partial charge in [0.2, 0.25) is 0 Å². The molecule has 0 aliphatic heterocycles. The average Bonchev–Trinajstić information content (AvgIpc) is 2.34. The summed E-state index contributed by atoms with van der Waals surface area (Å²) in [5, 5.41) is 8.91. The van der Waals surface area contributed by atoms with E-state index < -0.39 is 5.97 Å². The molecule has 1 aromatic carbocycles. The molecule has 0 aliphatic rings. The van der Waals surface area contributed by atoms with Crippen molar-refractivity contribution in [3.63, 3.8) is 0 Å². The van der Waals surface area contributed by atoms with Gasteiger partial charge in [-0.05, 0) is 33.3 Å². The van der Waals surface area contributed by atoms with Gasteiger partial charge in [-0.15, -0.1) is 0 Å². The molecule has 0 fully saturated rings. The van der Waals surface area contributed by atoms with Gasteiger partial charge in [-0.2, -0.15) is 0 Å². The van der Waals surface area contributed by atoms with Gasteiger partial charge in [0, 0.05) is 23.7 Å². The van der Waals surface area contributed by atoms with E-state index in [1.807, 2.05) is 33.8 Å². The van der Waals surface area contributed by atoms with Gasteiger partial charge >= 0.3 is 5.97 Å². The Labute approximate surface area is 120 Å². The molecule has 0 spiro atoms. The SMILES string of the molecule is CCC(c1ccccc1F)N(CCC(=O)O)C(C)(C)C. The van der Waals surface area contributed by atoms with Crippen molar-refractivity contribution in [2.45, 2.75) is 52.1 Å². The Morgan fingerprint density at radius 1 is 1.35 bits per heavy atom. The summed E-state index contributed by atoms with van der Waals surface area (Å²) in [6, 6.07) is 6.61. The topological polar surface area (TPSA) is 40.5 Å². The number of hydrogen-bond acceptors (Lipinski definition) is 2. The molecule has 0 aromatic heterocycles. The molecule has 3 nitrogen and oxygen atoms in total. The van der Waals surface area contributed by atoms with Crippen molar-refractivity contribution < 1.29 is 14.3 Å². The van der Waals surface area contributed by atoms with Crippen molar-refractivity contribution >= 4 is 5.97 Å². The van der Waals surface area contributed by atoms with Crippen molar-refractivity contribution in [2.24, 2.45) is 0 Å². The summed E-state index contributed by atoms with van der Waals surface area (Å²) in [7, 11) is 0. The van der Waals surface area contributed by atoms with Gasteiger partial charge in [0.1, 0.15) is 5.82 Å². The predicted molar refractivity (Wildman–Crippen MR) is 78.1 cm³/mol. The van der Waals surface area contributed by atoms with Crippen LogP contribution in [0.25, 0.3) is 0 Å². The molecule has 1 rings (SSSR count). The minimum atomic E-state index is -0.831. The molecule has 0 saturated heterocycles. The number of carbonyl (C=O) groups is 1. The fourth-order valence-electron chi connectivity index (χ4n) is 2.53. The molecule has 4 heteroatoms. The molecular formula is C16H24FNO2. The van der Waals surface area contributed by atoms with Crippen LogP contribution in [0.5, 0.6) is 0 Å². The standard InChI is InChI=1S/C16H24FNO2/c1-5-14(12-8-6-7-9-13(12)17)18(16(2,3)4)11-10-15(19)20/h6-9,14H,5,10-11H2,1-4H3,(H,19,20). The van der Waals surface area contributed by atoms with Crippen LogP contribution in [-0.4, -0.2) is 28.1 Å². The zero-order valence-electron chi connectivity index (χ0n) is 12.7. The fourth-order valence-corrected chi connectivity index (χ4v) is 2.53. The Kier molecular flexibility index (Phi) is 5.69. The van der Waals surface area contributed by atoms with E-state index in [2.05, 4.69) is 4.90 Å². The second kappa shape index (κ2) is 6.84. The third-order valence-corrected chi connectivity index (χ3v) is 3.46. The number of hydrogen-bond donors (Lipinski definition) is 1. The van der Waals surface area contributed by atoms with Crippen LogP contribution in [-0.2, 0) is 4.79 Å². The summed E-state index contributed by atoms with van der Waals surface area (Å²) in [5.74, 6) is -1.06. The maximum Gasteiger partial charge on any atom is 0.304 e. The number of nitrogens with zero attached hydrogens (tertiary/aromatic N) is 1. The Morgan fingerprint density at radius 2 is 1.95 bits per heavy atom. The van der Waals surface area contributed by atoms with E-state index in [0.717, 1.165) is 6.42 Å². The molecular weight excluding hydrogens is 257 g/mol. The van der Waals surface area contributed by atoms with Crippen LogP contribution in [0, 0.1) is 5.82 Å². The smallest absolute Gasteiger partial charge is 0.304 e. The first-order valence-electron chi connectivity index (χ1n) is 7.00. The minimum Gasteiger partial charge on any atom is -0.481 e.